The average molecular weight is 852 g/mol. The molecular formula is C59H63N3O. The maximum absolute atomic E-state index is 12.2. The summed E-state index contributed by atoms with van der Waals surface area (Å²) in [6.45, 7) is -8.57. The Bertz CT molecular complexity index is 3800. The van der Waals surface area contributed by atoms with Crippen molar-refractivity contribution in [1.82, 2.24) is 14.5 Å². The summed E-state index contributed by atoms with van der Waals surface area (Å²) in [7, 11) is 0. The Balaban J connectivity index is 1.44. The summed E-state index contributed by atoms with van der Waals surface area (Å²) in [5, 5.41) is 12.2. The highest BCUT2D eigenvalue weighted by Crippen LogP contribution is 2.44. The highest BCUT2D eigenvalue weighted by molar-refractivity contribution is 5.98. The molecule has 1 N–H and O–H groups in total. The first kappa shape index (κ1) is 24.0. The first-order valence-electron chi connectivity index (χ1n) is 31.6. The Morgan fingerprint density at radius 1 is 0.524 bits per heavy atom. The third-order valence-corrected chi connectivity index (χ3v) is 11.3. The van der Waals surface area contributed by atoms with E-state index in [1.165, 1.54) is 36.5 Å². The Morgan fingerprint density at radius 3 is 1.86 bits per heavy atom. The van der Waals surface area contributed by atoms with Gasteiger partial charge in [-0.05, 0) is 127 Å². The third kappa shape index (κ3) is 8.61. The van der Waals surface area contributed by atoms with Gasteiger partial charge in [-0.15, -0.1) is 0 Å². The lowest BCUT2D eigenvalue weighted by Crippen LogP contribution is -2.13. The number of rotatable bonds is 6. The van der Waals surface area contributed by atoms with Crippen molar-refractivity contribution >= 4 is 11.0 Å². The molecule has 0 radical (unpaired) electrons. The maximum Gasteiger partial charge on any atom is 0.149 e. The van der Waals surface area contributed by atoms with Crippen LogP contribution in [0.2, 0.25) is 0 Å². The molecule has 0 aliphatic rings. The first-order chi connectivity index (χ1) is 38.8. The molecule has 2 aromatic heterocycles. The maximum atomic E-state index is 12.2. The lowest BCUT2D eigenvalue weighted by molar-refractivity contribution is 0.471. The number of aryl methyl sites for hydroxylation is 1. The van der Waals surface area contributed by atoms with E-state index < -0.39 is 98.1 Å². The van der Waals surface area contributed by atoms with Crippen molar-refractivity contribution in [2.75, 3.05) is 0 Å². The Labute approximate surface area is 406 Å². The second-order valence-corrected chi connectivity index (χ2v) is 18.2. The molecule has 4 nitrogen and oxygen atoms in total. The molecule has 0 saturated carbocycles. The van der Waals surface area contributed by atoms with Gasteiger partial charge in [-0.1, -0.05) is 167 Å². The standard InChI is InChI=1S/C59H63N3O/c1-37-30-45(58(8,9)10)36-49(54(37)63)55-61-53-47(20-17-21-52(53)62(55)51-27-26-44(57(5,6)7)35-48(51)39-18-15-14-16-19-39)41-31-42(33-46(32-41)59(11,12)13)50-34-40(28-29-60-50)38-22-24-43(25-23-38)56(2,3)4/h14-36,63H,1-13H3/i2D3,3D3,4D3,5D3,6D3,7D3,22D,23D,24D,25D. The van der Waals surface area contributed by atoms with Gasteiger partial charge >= 0.3 is 0 Å². The fraction of sp³-hybridized carbons (Fsp3) is 0.288. The Morgan fingerprint density at radius 2 is 1.17 bits per heavy atom. The molecule has 0 fully saturated rings. The third-order valence-electron chi connectivity index (χ3n) is 11.3. The molecule has 8 aromatic rings. The van der Waals surface area contributed by atoms with Crippen LogP contribution in [0.15, 0.2) is 140 Å². The van der Waals surface area contributed by atoms with E-state index in [2.05, 4.69) is 4.98 Å². The fourth-order valence-corrected chi connectivity index (χ4v) is 7.71. The van der Waals surface area contributed by atoms with Crippen LogP contribution in [-0.2, 0) is 21.7 Å². The molecule has 63 heavy (non-hydrogen) atoms. The molecular weight excluding hydrogens is 767 g/mol. The normalized spacial score (nSPS) is 18.9. The van der Waals surface area contributed by atoms with Gasteiger partial charge in [0.15, 0.2) is 0 Å². The van der Waals surface area contributed by atoms with Crippen molar-refractivity contribution < 1.29 is 35.3 Å². The van der Waals surface area contributed by atoms with E-state index >= 15 is 0 Å². The molecule has 4 heteroatoms. The summed E-state index contributed by atoms with van der Waals surface area (Å²) in [6, 6.07) is 26.1. The van der Waals surface area contributed by atoms with Gasteiger partial charge in [0.05, 0.1) is 33.5 Å². The van der Waals surface area contributed by atoms with Gasteiger partial charge in [0.25, 0.3) is 0 Å². The largest absolute Gasteiger partial charge is 0.507 e. The molecule has 0 saturated heterocycles. The lowest BCUT2D eigenvalue weighted by atomic mass is 9.83. The van der Waals surface area contributed by atoms with E-state index in [9.17, 15) is 5.11 Å². The Kier molecular flexibility index (Phi) is 6.02. The molecule has 2 heterocycles. The number of aromatic hydroxyl groups is 1. The van der Waals surface area contributed by atoms with Crippen molar-refractivity contribution in [3.63, 3.8) is 0 Å². The topological polar surface area (TPSA) is 50.9 Å². The van der Waals surface area contributed by atoms with E-state index in [-0.39, 0.29) is 34.0 Å². The zero-order valence-corrected chi connectivity index (χ0v) is 36.3. The van der Waals surface area contributed by atoms with Gasteiger partial charge < -0.3 is 5.11 Å². The lowest BCUT2D eigenvalue weighted by Gasteiger charge is -2.24. The highest BCUT2D eigenvalue weighted by Gasteiger charge is 2.27. The minimum absolute atomic E-state index is 0.0469. The molecule has 8 rings (SSSR count). The minimum atomic E-state index is -3.86. The number of hydrogen-bond donors (Lipinski definition) is 1. The van der Waals surface area contributed by atoms with Crippen LogP contribution in [-0.4, -0.2) is 19.6 Å². The average Bonchev–Trinajstić information content (AvgIpc) is 1.29. The number of aromatic nitrogens is 3. The highest BCUT2D eigenvalue weighted by atomic mass is 16.3. The quantitative estimate of drug-likeness (QED) is 0.181. The Hall–Kier alpha value is -6.26. The molecule has 0 aliphatic carbocycles. The van der Waals surface area contributed by atoms with E-state index in [4.69, 9.17) is 35.1 Å². The van der Waals surface area contributed by atoms with Gasteiger partial charge in [-0.3, -0.25) is 9.55 Å². The van der Waals surface area contributed by atoms with Gasteiger partial charge in [0, 0.05) is 47.6 Å². The van der Waals surface area contributed by atoms with Gasteiger partial charge in [0.1, 0.15) is 11.6 Å². The van der Waals surface area contributed by atoms with Gasteiger partial charge in [-0.25, -0.2) is 4.98 Å². The molecule has 0 amide bonds. The van der Waals surface area contributed by atoms with Crippen LogP contribution in [0.4, 0.5) is 0 Å². The zero-order valence-electron chi connectivity index (χ0n) is 58.3. The van der Waals surface area contributed by atoms with E-state index in [1.54, 1.807) is 54.0 Å². The smallest absolute Gasteiger partial charge is 0.149 e. The van der Waals surface area contributed by atoms with E-state index in [0.717, 1.165) is 11.1 Å². The predicted octanol–water partition coefficient (Wildman–Crippen LogP) is 16.0. The zero-order chi connectivity index (χ0) is 63.7. The number of fused-ring (bicyclic) bond motifs is 1. The van der Waals surface area contributed by atoms with Crippen LogP contribution in [0.25, 0.3) is 72.7 Å². The van der Waals surface area contributed by atoms with Crippen LogP contribution in [0.5, 0.6) is 5.75 Å². The van der Waals surface area contributed by atoms with Crippen molar-refractivity contribution in [3.05, 3.63) is 167 Å². The van der Waals surface area contributed by atoms with Crippen LogP contribution >= 0.6 is 0 Å². The number of imidazole rings is 1. The number of nitrogens with zero attached hydrogens (tertiary/aromatic N) is 3. The number of pyridine rings is 1. The van der Waals surface area contributed by atoms with Crippen LogP contribution in [0.3, 0.4) is 0 Å². The number of phenols is 1. The number of hydrogen-bond acceptors (Lipinski definition) is 3. The molecule has 0 spiro atoms. The predicted molar refractivity (Wildman–Crippen MR) is 267 cm³/mol. The van der Waals surface area contributed by atoms with Crippen LogP contribution in [0, 0.1) is 6.92 Å². The summed E-state index contributed by atoms with van der Waals surface area (Å²) in [5.74, 6) is 0.0925. The molecule has 6 aromatic carbocycles. The van der Waals surface area contributed by atoms with Crippen molar-refractivity contribution in [2.45, 2.75) is 111 Å². The monoisotopic (exact) mass is 852 g/mol. The van der Waals surface area contributed by atoms with Crippen LogP contribution < -0.4 is 0 Å². The molecule has 0 atom stereocenters. The van der Waals surface area contributed by atoms with Gasteiger partial charge in [-0.2, -0.15) is 0 Å². The van der Waals surface area contributed by atoms with Gasteiger partial charge in [0.2, 0.25) is 0 Å². The van der Waals surface area contributed by atoms with Crippen molar-refractivity contribution in [1.29, 1.82) is 0 Å². The summed E-state index contributed by atoms with van der Waals surface area (Å²) < 4.78 is 190. The second-order valence-electron chi connectivity index (χ2n) is 18.2. The fourth-order valence-electron chi connectivity index (χ4n) is 7.71. The first-order valence-corrected chi connectivity index (χ1v) is 20.6. The molecule has 0 aliphatic heterocycles. The van der Waals surface area contributed by atoms with E-state index in [1.807, 2.05) is 77.9 Å². The summed E-state index contributed by atoms with van der Waals surface area (Å²) in [6.07, 6.45) is 1.36. The van der Waals surface area contributed by atoms with Crippen LogP contribution in [0.1, 0.15) is 141 Å². The number of para-hydroxylation sites is 1. The molecule has 0 unspecified atom stereocenters. The molecule has 0 bridgehead atoms. The van der Waals surface area contributed by atoms with Crippen molar-refractivity contribution in [3.8, 4) is 67.5 Å². The number of benzene rings is 6. The SMILES string of the molecule is [2H]c1c([2H])c(C(C([2H])([2H])[2H])(C([2H])([2H])[2H])C([2H])([2H])[2H])c([2H])c([2H])c1-c1ccnc(-c2cc(-c3cccc4c3nc(-c3cc(C(C)(C)C)cc(C)c3O)n4-c3ccc(C(C([2H])([2H])[2H])(C([2H])([2H])[2H])C([2H])([2H])[2H])cc3-c3ccccc3)cc(C(C)(C)C)c2)c1. The summed E-state index contributed by atoms with van der Waals surface area (Å²) in [4.78, 5) is 10.0. The summed E-state index contributed by atoms with van der Waals surface area (Å²) in [5.41, 5.74) is -4.16. The number of phenolic OH excluding ortho intramolecular Hbond substituents is 1. The molecule has 320 valence electrons. The second kappa shape index (κ2) is 15.8. The van der Waals surface area contributed by atoms with E-state index in [0.29, 0.717) is 50.1 Å². The minimum Gasteiger partial charge on any atom is -0.507 e. The summed E-state index contributed by atoms with van der Waals surface area (Å²) >= 11 is 0. The van der Waals surface area contributed by atoms with Crippen molar-refractivity contribution in [2.24, 2.45) is 0 Å².